The Labute approximate surface area is 597 Å². The molecule has 10 aromatic rings. The average molecular weight is 1750 g/mol. The smallest absolute Gasteiger partial charge is 0.314 e. The number of cyclic esters (lactones) is 1. The number of hydrogen-bond donors (Lipinski definition) is 0. The second-order valence-electron chi connectivity index (χ2n) is 19.3. The normalized spacial score (nSPS) is 12.0. The molecule has 3 aromatic carbocycles. The van der Waals surface area contributed by atoms with Gasteiger partial charge in [-0.1, -0.05) is 112 Å². The summed E-state index contributed by atoms with van der Waals surface area (Å²) < 4.78 is 57.6. The van der Waals surface area contributed by atoms with E-state index in [2.05, 4.69) is 165 Å². The lowest BCUT2D eigenvalue weighted by molar-refractivity contribution is -0.139. The number of nitrogens with zero attached hydrogens (tertiary/aromatic N) is 9. The van der Waals surface area contributed by atoms with Crippen molar-refractivity contribution in [1.29, 1.82) is 0 Å². The fourth-order valence-corrected chi connectivity index (χ4v) is 9.31. The van der Waals surface area contributed by atoms with Crippen molar-refractivity contribution in [3.8, 4) is 36.0 Å². The molecule has 11 rings (SSSR count). The molecule has 93 heavy (non-hydrogen) atoms. The van der Waals surface area contributed by atoms with Crippen LogP contribution in [0.2, 0.25) is 0 Å². The molecule has 1 aliphatic heterocycles. The number of rotatable bonds is 9. The molecular formula is C66H53Br7ClF3N9O6P. The number of pyridine rings is 4. The summed E-state index contributed by atoms with van der Waals surface area (Å²) in [7, 11) is 3.94. The lowest BCUT2D eigenvalue weighted by atomic mass is 10.1. The number of alkyl halides is 2. The van der Waals surface area contributed by atoms with Crippen molar-refractivity contribution in [3.63, 3.8) is 0 Å². The fourth-order valence-electron chi connectivity index (χ4n) is 7.81. The first kappa shape index (κ1) is 77.0. The summed E-state index contributed by atoms with van der Waals surface area (Å²) in [5, 5.41) is 1.49. The highest BCUT2D eigenvalue weighted by molar-refractivity contribution is 9.94. The predicted molar refractivity (Wildman–Crippen MR) is 389 cm³/mol. The lowest BCUT2D eigenvalue weighted by Gasteiger charge is -2.09. The van der Waals surface area contributed by atoms with E-state index in [1.165, 1.54) is 45.2 Å². The fraction of sp³-hybridized carbons (Fsp3) is 0.167. The zero-order valence-electron chi connectivity index (χ0n) is 49.1. The van der Waals surface area contributed by atoms with Gasteiger partial charge in [0.1, 0.15) is 34.4 Å². The first-order valence-corrected chi connectivity index (χ1v) is 38.8. The molecule has 0 amide bonds. The van der Waals surface area contributed by atoms with Crippen molar-refractivity contribution in [1.82, 2.24) is 38.0 Å². The number of benzene rings is 3. The van der Waals surface area contributed by atoms with Crippen LogP contribution in [0.4, 0.5) is 19.0 Å². The summed E-state index contributed by atoms with van der Waals surface area (Å²) in [6.45, 7) is 1.28. The number of aromatic nitrogens is 7. The van der Waals surface area contributed by atoms with Gasteiger partial charge in [-0.15, -0.1) is 18.8 Å². The van der Waals surface area contributed by atoms with Gasteiger partial charge in [0.15, 0.2) is 5.82 Å². The van der Waals surface area contributed by atoms with E-state index in [9.17, 15) is 36.9 Å². The number of carbonyl (C=O) groups is 1. The Bertz CT molecular complexity index is 4680. The van der Waals surface area contributed by atoms with E-state index < -0.39 is 3.25 Å². The van der Waals surface area contributed by atoms with Crippen LogP contribution in [-0.2, 0) is 33.4 Å². The van der Waals surface area contributed by atoms with Crippen molar-refractivity contribution in [2.45, 2.75) is 25.7 Å². The molecule has 0 radical (unpaired) electrons. The number of carbonyl (C=O) groups excluding carboxylic acids is 1. The van der Waals surface area contributed by atoms with Crippen LogP contribution in [0, 0.1) is 59.4 Å². The van der Waals surface area contributed by atoms with E-state index in [-0.39, 0.29) is 58.4 Å². The van der Waals surface area contributed by atoms with Crippen LogP contribution in [0.25, 0.3) is 16.9 Å². The van der Waals surface area contributed by atoms with Gasteiger partial charge in [0.05, 0.1) is 12.5 Å². The second-order valence-corrected chi connectivity index (χ2v) is 41.1. The Morgan fingerprint density at radius 1 is 0.602 bits per heavy atom. The maximum absolute atomic E-state index is 13.2. The molecule has 0 aliphatic carbocycles. The molecule has 27 heteroatoms. The third-order valence-corrected chi connectivity index (χ3v) is 14.1. The standard InChI is InChI=1S/C20H18FN3O.C18H12BrFN2O.C10H8Br2N2O.C10H9BrN2O2.C8H5F.Br3OP.ClH/c1-23(2)10-9-17-14-22-19-13-16(8-11-24(19)20(17)25)7-6-15-4-3-5-18(21)12-15;19-8-6-15-12-21-17-11-14(7-9-22(17)18(15)23)5-4-13-2-1-3-16(20)10-13;11-3-1-7-6-13-9-5-8(12)2-4-14(9)10(7)15;11-8-1-3-12-9(5-8)13-6-7-2-4-15-10(7)14;1-2-7-4-3-5-8(9)6-7;1-5(2,3)4;/h3-5,8,11-14H,9-10H2,1-2H3;1-3,7,9-12H,6,8H2;2,4-6H,1,3H2;1,3,5-7H,2,4H2;1,3-6H;;1H. The van der Waals surface area contributed by atoms with Crippen molar-refractivity contribution in [3.05, 3.63) is 267 Å². The zero-order chi connectivity index (χ0) is 66.7. The number of esters is 1. The van der Waals surface area contributed by atoms with Gasteiger partial charge >= 0.3 is 5.97 Å². The van der Waals surface area contributed by atoms with E-state index in [0.29, 0.717) is 88.2 Å². The van der Waals surface area contributed by atoms with Crippen LogP contribution < -0.4 is 16.7 Å². The summed E-state index contributed by atoms with van der Waals surface area (Å²) in [5.41, 5.74) is 6.92. The second kappa shape index (κ2) is 39.3. The number of fused-ring (bicyclic) bond motifs is 3. The van der Waals surface area contributed by atoms with Crippen molar-refractivity contribution in [2.24, 2.45) is 10.9 Å². The quantitative estimate of drug-likeness (QED) is 0.0442. The van der Waals surface area contributed by atoms with Crippen LogP contribution in [0.15, 0.2) is 193 Å². The van der Waals surface area contributed by atoms with Crippen LogP contribution >= 0.6 is 126 Å². The topological polar surface area (TPSA) is 175 Å². The lowest BCUT2D eigenvalue weighted by Crippen LogP contribution is -2.23. The van der Waals surface area contributed by atoms with E-state index in [1.54, 1.807) is 121 Å². The van der Waals surface area contributed by atoms with Gasteiger partial charge < -0.3 is 9.64 Å². The Morgan fingerprint density at radius 3 is 1.41 bits per heavy atom. The van der Waals surface area contributed by atoms with Crippen LogP contribution in [0.5, 0.6) is 0 Å². The van der Waals surface area contributed by atoms with Crippen molar-refractivity contribution in [2.75, 3.05) is 37.9 Å². The number of likely N-dealkylation sites (N-methyl/N-ethyl adjacent to an activating group) is 1. The Balaban J connectivity index is 0.000000213. The molecule has 0 N–H and O–H groups in total. The number of terminal acetylenes is 1. The van der Waals surface area contributed by atoms with E-state index >= 15 is 0 Å². The summed E-state index contributed by atoms with van der Waals surface area (Å²) in [6, 6.07) is 32.5. The number of aryl methyl sites for hydroxylation is 2. The van der Waals surface area contributed by atoms with Gasteiger partial charge in [-0.05, 0) is 143 Å². The van der Waals surface area contributed by atoms with E-state index in [1.807, 2.05) is 37.2 Å². The highest BCUT2D eigenvalue weighted by Gasteiger charge is 2.24. The highest BCUT2D eigenvalue weighted by atomic mass is 80.0. The monoisotopic (exact) mass is 1740 g/mol. The predicted octanol–water partition coefficient (Wildman–Crippen LogP) is 15.5. The molecule has 1 fully saturated rings. The van der Waals surface area contributed by atoms with Crippen LogP contribution in [-0.4, -0.2) is 88.1 Å². The summed E-state index contributed by atoms with van der Waals surface area (Å²) in [5.74, 6) is 13.3. The van der Waals surface area contributed by atoms with Gasteiger partial charge in [-0.3, -0.25) is 36.9 Å². The SMILES string of the molecule is C#Cc1cccc(F)c1.CN(C)CCc1cnc2cc(C#Cc3cccc(F)c3)ccn2c1=O.Cl.O=C1OCCC1C=Nc1cc(Br)ccn1.O=P(Br)(Br)Br.O=c1c(CCBr)cnc2cc(Br)ccn12.O=c1c(CCBr)cnc2cc(C#Cc3cccc(F)c3)ccn12. The Kier molecular flexibility index (Phi) is 32.5. The molecule has 7 aromatic heterocycles. The summed E-state index contributed by atoms with van der Waals surface area (Å²) >= 11 is 21.6. The number of aliphatic imine (C=N–C) groups is 1. The van der Waals surface area contributed by atoms with E-state index in [0.717, 1.165) is 37.5 Å². The number of ether oxygens (including phenoxy) is 1. The Morgan fingerprint density at radius 2 is 1.01 bits per heavy atom. The molecular weight excluding hydrogens is 1700 g/mol. The third-order valence-electron chi connectivity index (χ3n) is 12.3. The van der Waals surface area contributed by atoms with Gasteiger partial charge in [0, 0.05) is 167 Å². The van der Waals surface area contributed by atoms with Gasteiger partial charge in [0.25, 0.3) is 19.9 Å². The van der Waals surface area contributed by atoms with Crippen molar-refractivity contribution >= 4 is 161 Å². The first-order valence-electron chi connectivity index (χ1n) is 27.2. The van der Waals surface area contributed by atoms with E-state index in [4.69, 9.17) is 11.2 Å². The van der Waals surface area contributed by atoms with Crippen LogP contribution in [0.1, 0.15) is 50.9 Å². The van der Waals surface area contributed by atoms with Crippen LogP contribution in [0.3, 0.4) is 0 Å². The first-order chi connectivity index (χ1) is 44.0. The zero-order valence-corrected chi connectivity index (χ0v) is 61.9. The maximum Gasteiger partial charge on any atom is 0.314 e. The van der Waals surface area contributed by atoms with Gasteiger partial charge in [0.2, 0.25) is 0 Å². The molecule has 480 valence electrons. The highest BCUT2D eigenvalue weighted by Crippen LogP contribution is 2.68. The number of halogens is 11. The molecule has 0 bridgehead atoms. The summed E-state index contributed by atoms with van der Waals surface area (Å²) in [4.78, 5) is 70.9. The summed E-state index contributed by atoms with van der Waals surface area (Å²) in [6.07, 6.45) is 20.9. The molecule has 0 saturated carbocycles. The number of hydrogen-bond acceptors (Lipinski definition) is 12. The molecule has 1 aliphatic rings. The minimum atomic E-state index is -2.20. The largest absolute Gasteiger partial charge is 0.465 e. The van der Waals surface area contributed by atoms with Gasteiger partial charge in [-0.25, -0.2) is 38.1 Å². The van der Waals surface area contributed by atoms with Crippen molar-refractivity contribution < 1.29 is 27.3 Å². The molecule has 1 unspecified atom stereocenters. The van der Waals surface area contributed by atoms with Gasteiger partial charge in [-0.2, -0.15) is 0 Å². The minimum Gasteiger partial charge on any atom is -0.465 e. The third kappa shape index (κ3) is 26.6. The maximum atomic E-state index is 13.2. The Hall–Kier alpha value is -6.66. The molecule has 1 atom stereocenters. The minimum absolute atomic E-state index is 0. The average Bonchev–Trinajstić information content (AvgIpc) is 1.25. The molecule has 8 heterocycles. The molecule has 1 saturated heterocycles. The molecule has 0 spiro atoms. The molecule has 15 nitrogen and oxygen atoms in total.